The van der Waals surface area contributed by atoms with Gasteiger partial charge in [0.15, 0.2) is 0 Å². The fourth-order valence-corrected chi connectivity index (χ4v) is 4.93. The first kappa shape index (κ1) is 24.5. The molecule has 2 N–H and O–H groups in total. The predicted molar refractivity (Wildman–Crippen MR) is 112 cm³/mol. The Morgan fingerprint density at radius 2 is 1.56 bits per heavy atom. The summed E-state index contributed by atoms with van der Waals surface area (Å²) >= 11 is 0. The van der Waals surface area contributed by atoms with Crippen molar-refractivity contribution in [3.8, 4) is 0 Å². The minimum absolute atomic E-state index is 0.0993. The zero-order valence-corrected chi connectivity index (χ0v) is 18.3. The second kappa shape index (κ2) is 8.57. The highest BCUT2D eigenvalue weighted by Crippen LogP contribution is 2.51. The van der Waals surface area contributed by atoms with Gasteiger partial charge in [0, 0.05) is 17.5 Å². The van der Waals surface area contributed by atoms with Gasteiger partial charge in [0.1, 0.15) is 0 Å². The molecule has 4 nitrogen and oxygen atoms in total. The highest BCUT2D eigenvalue weighted by Gasteiger charge is 2.56. The maximum atomic E-state index is 13.2. The summed E-state index contributed by atoms with van der Waals surface area (Å²) in [4.78, 5) is 11.5. The van der Waals surface area contributed by atoms with E-state index >= 15 is 0 Å². The quantitative estimate of drug-likeness (QED) is 0.586. The van der Waals surface area contributed by atoms with E-state index in [1.165, 1.54) is 6.92 Å². The van der Waals surface area contributed by atoms with E-state index in [9.17, 15) is 31.1 Å². The normalized spacial score (nSPS) is 26.1. The zero-order chi connectivity index (χ0) is 24.8. The summed E-state index contributed by atoms with van der Waals surface area (Å²) in [5.41, 5.74) is -2.77. The number of carbonyl (C=O) groups excluding carboxylic acids is 1. The van der Waals surface area contributed by atoms with Crippen LogP contribution < -0.4 is 10.6 Å². The molecule has 2 aliphatic rings. The summed E-state index contributed by atoms with van der Waals surface area (Å²) in [7, 11) is 0. The fourth-order valence-electron chi connectivity index (χ4n) is 4.93. The van der Waals surface area contributed by atoms with Gasteiger partial charge in [-0.05, 0) is 49.1 Å². The lowest BCUT2D eigenvalue weighted by atomic mass is 9.54. The van der Waals surface area contributed by atoms with Crippen LogP contribution in [0.25, 0.3) is 0 Å². The third kappa shape index (κ3) is 4.93. The number of hydrogen-bond acceptors (Lipinski definition) is 3. The Hall–Kier alpha value is -2.59. The van der Waals surface area contributed by atoms with Gasteiger partial charge < -0.3 is 15.4 Å². The van der Waals surface area contributed by atoms with E-state index in [-0.39, 0.29) is 36.2 Å². The van der Waals surface area contributed by atoms with Gasteiger partial charge in [-0.2, -0.15) is 26.3 Å². The van der Waals surface area contributed by atoms with Crippen LogP contribution in [0.15, 0.2) is 48.5 Å². The van der Waals surface area contributed by atoms with E-state index < -0.39 is 35.0 Å². The molecule has 0 aromatic heterocycles. The molecule has 2 aromatic rings. The molecule has 2 fully saturated rings. The molecule has 1 spiro atoms. The second-order valence-electron chi connectivity index (χ2n) is 9.20. The van der Waals surface area contributed by atoms with Crippen molar-refractivity contribution in [1.29, 1.82) is 0 Å². The Balaban J connectivity index is 1.56. The molecule has 1 amide bonds. The standard InChI is InChI=1S/C24H24F6N2O2/c1-15(16-7-18(23(25,26)27)9-19(8-16)24(28,29)30)34-14-21(17-5-3-2-4-6-17)11-22(12-21)13-31-20(33)10-32-22/h2-9,15,32H,10-14H2,1H3,(H,31,33). The molecule has 1 aliphatic heterocycles. The first-order valence-electron chi connectivity index (χ1n) is 10.8. The van der Waals surface area contributed by atoms with Crippen LogP contribution in [0.2, 0.25) is 0 Å². The van der Waals surface area contributed by atoms with Crippen LogP contribution >= 0.6 is 0 Å². The molecular formula is C24H24F6N2O2. The van der Waals surface area contributed by atoms with Crippen LogP contribution in [0.4, 0.5) is 26.3 Å². The van der Waals surface area contributed by atoms with E-state index in [0.717, 1.165) is 5.56 Å². The lowest BCUT2D eigenvalue weighted by molar-refractivity contribution is -0.143. The largest absolute Gasteiger partial charge is 0.416 e. The number of ether oxygens (including phenoxy) is 1. The molecule has 1 saturated heterocycles. The number of piperazine rings is 1. The van der Waals surface area contributed by atoms with Crippen LogP contribution in [-0.4, -0.2) is 31.1 Å². The number of carbonyl (C=O) groups is 1. The van der Waals surface area contributed by atoms with Crippen molar-refractivity contribution in [2.24, 2.45) is 0 Å². The average Bonchev–Trinajstić information content (AvgIpc) is 2.76. The van der Waals surface area contributed by atoms with Crippen LogP contribution in [0, 0.1) is 0 Å². The van der Waals surface area contributed by atoms with Gasteiger partial charge in [0.05, 0.1) is 30.4 Å². The van der Waals surface area contributed by atoms with Crippen LogP contribution in [0.1, 0.15) is 48.1 Å². The summed E-state index contributed by atoms with van der Waals surface area (Å²) in [5, 5.41) is 6.10. The molecule has 1 heterocycles. The van der Waals surface area contributed by atoms with Crippen molar-refractivity contribution in [3.63, 3.8) is 0 Å². The number of rotatable bonds is 5. The van der Waals surface area contributed by atoms with Crippen LogP contribution in [0.5, 0.6) is 0 Å². The highest BCUT2D eigenvalue weighted by atomic mass is 19.4. The number of benzene rings is 2. The molecule has 4 rings (SSSR count). The van der Waals surface area contributed by atoms with Crippen molar-refractivity contribution in [3.05, 3.63) is 70.8 Å². The topological polar surface area (TPSA) is 50.4 Å². The smallest absolute Gasteiger partial charge is 0.373 e. The van der Waals surface area contributed by atoms with E-state index in [4.69, 9.17) is 4.74 Å². The molecule has 34 heavy (non-hydrogen) atoms. The molecule has 0 radical (unpaired) electrons. The highest BCUT2D eigenvalue weighted by molar-refractivity contribution is 5.79. The van der Waals surface area contributed by atoms with E-state index in [1.807, 2.05) is 30.3 Å². The summed E-state index contributed by atoms with van der Waals surface area (Å²) in [6.45, 7) is 2.18. The fraction of sp³-hybridized carbons (Fsp3) is 0.458. The van der Waals surface area contributed by atoms with Crippen molar-refractivity contribution in [2.75, 3.05) is 19.7 Å². The van der Waals surface area contributed by atoms with E-state index in [0.29, 0.717) is 31.5 Å². The van der Waals surface area contributed by atoms with Crippen molar-refractivity contribution >= 4 is 5.91 Å². The van der Waals surface area contributed by atoms with Crippen LogP contribution in [0.3, 0.4) is 0 Å². The maximum Gasteiger partial charge on any atom is 0.416 e. The number of nitrogens with one attached hydrogen (secondary N) is 2. The van der Waals surface area contributed by atoms with E-state index in [1.54, 1.807) is 0 Å². The summed E-state index contributed by atoms with van der Waals surface area (Å²) in [6.07, 6.45) is -9.63. The molecule has 10 heteroatoms. The van der Waals surface area contributed by atoms with Gasteiger partial charge in [-0.1, -0.05) is 30.3 Å². The third-order valence-corrected chi connectivity index (χ3v) is 6.68. The van der Waals surface area contributed by atoms with Gasteiger partial charge in [0.25, 0.3) is 0 Å². The second-order valence-corrected chi connectivity index (χ2v) is 9.20. The van der Waals surface area contributed by atoms with Gasteiger partial charge >= 0.3 is 12.4 Å². The molecular weight excluding hydrogens is 462 g/mol. The lowest BCUT2D eigenvalue weighted by Gasteiger charge is -2.58. The molecule has 184 valence electrons. The number of hydrogen-bond donors (Lipinski definition) is 2. The summed E-state index contributed by atoms with van der Waals surface area (Å²) < 4.78 is 85.4. The molecule has 0 bridgehead atoms. The Morgan fingerprint density at radius 3 is 2.06 bits per heavy atom. The number of halogens is 6. The monoisotopic (exact) mass is 486 g/mol. The molecule has 1 saturated carbocycles. The average molecular weight is 486 g/mol. The number of amides is 1. The maximum absolute atomic E-state index is 13.2. The Bertz CT molecular complexity index is 1000. The first-order chi connectivity index (χ1) is 15.8. The van der Waals surface area contributed by atoms with Crippen molar-refractivity contribution in [2.45, 2.75) is 49.2 Å². The van der Waals surface area contributed by atoms with Crippen LogP contribution in [-0.2, 0) is 27.3 Å². The van der Waals surface area contributed by atoms with Gasteiger partial charge in [-0.15, -0.1) is 0 Å². The van der Waals surface area contributed by atoms with Crippen molar-refractivity contribution < 1.29 is 35.9 Å². The van der Waals surface area contributed by atoms with Gasteiger partial charge in [-0.3, -0.25) is 4.79 Å². The molecule has 2 aromatic carbocycles. The third-order valence-electron chi connectivity index (χ3n) is 6.68. The van der Waals surface area contributed by atoms with Gasteiger partial charge in [0.2, 0.25) is 5.91 Å². The Labute approximate surface area is 192 Å². The Kier molecular flexibility index (Phi) is 6.18. The van der Waals surface area contributed by atoms with Crippen molar-refractivity contribution in [1.82, 2.24) is 10.6 Å². The SMILES string of the molecule is CC(OCC1(c2ccccc2)CC2(CNC(=O)CN2)C1)c1cc(C(F)(F)F)cc(C(F)(F)F)c1. The number of alkyl halides is 6. The van der Waals surface area contributed by atoms with E-state index in [2.05, 4.69) is 10.6 Å². The summed E-state index contributed by atoms with van der Waals surface area (Å²) in [5.74, 6) is -0.0993. The summed E-state index contributed by atoms with van der Waals surface area (Å²) in [6, 6.07) is 11.0. The minimum atomic E-state index is -4.92. The molecule has 1 atom stereocenters. The minimum Gasteiger partial charge on any atom is -0.373 e. The molecule has 1 aliphatic carbocycles. The molecule has 1 unspecified atom stereocenters. The lowest BCUT2D eigenvalue weighted by Crippen LogP contribution is -2.72. The predicted octanol–water partition coefficient (Wildman–Crippen LogP) is 4.99. The first-order valence-corrected chi connectivity index (χ1v) is 10.8. The van der Waals surface area contributed by atoms with Gasteiger partial charge in [-0.25, -0.2) is 0 Å². The Morgan fingerprint density at radius 1 is 0.971 bits per heavy atom. The zero-order valence-electron chi connectivity index (χ0n) is 18.3.